The van der Waals surface area contributed by atoms with Gasteiger partial charge >= 0.3 is 6.18 Å². The predicted molar refractivity (Wildman–Crippen MR) is 68.7 cm³/mol. The number of hydrogen-bond donors (Lipinski definition) is 1. The molecule has 0 aromatic carbocycles. The van der Waals surface area contributed by atoms with E-state index >= 15 is 0 Å². The van der Waals surface area contributed by atoms with Gasteiger partial charge in [-0.3, -0.25) is 4.79 Å². The number of nitrogens with zero attached hydrogens (tertiary/aromatic N) is 3. The third-order valence-electron chi connectivity index (χ3n) is 3.88. The first-order valence-electron chi connectivity index (χ1n) is 6.45. The number of amides is 1. The number of fused-ring (bicyclic) bond motifs is 1. The van der Waals surface area contributed by atoms with Gasteiger partial charge in [-0.05, 0) is 19.3 Å². The molecule has 1 saturated carbocycles. The molecule has 0 saturated heterocycles. The van der Waals surface area contributed by atoms with E-state index in [0.717, 1.165) is 11.3 Å². The zero-order valence-corrected chi connectivity index (χ0v) is 11.6. The van der Waals surface area contributed by atoms with E-state index in [0.29, 0.717) is 19.3 Å². The van der Waals surface area contributed by atoms with Crippen LogP contribution in [0.1, 0.15) is 36.2 Å². The van der Waals surface area contributed by atoms with Gasteiger partial charge in [0.05, 0.1) is 11.4 Å². The van der Waals surface area contributed by atoms with E-state index in [1.165, 1.54) is 10.9 Å². The Labute approximate surface area is 122 Å². The number of aliphatic hydroxyl groups is 1. The van der Waals surface area contributed by atoms with Crippen molar-refractivity contribution < 1.29 is 23.1 Å². The van der Waals surface area contributed by atoms with Crippen LogP contribution < -0.4 is 0 Å². The fourth-order valence-electron chi connectivity index (χ4n) is 2.85. The van der Waals surface area contributed by atoms with E-state index in [4.69, 9.17) is 0 Å². The quantitative estimate of drug-likeness (QED) is 0.864. The van der Waals surface area contributed by atoms with Crippen molar-refractivity contribution in [2.24, 2.45) is 11.0 Å². The van der Waals surface area contributed by atoms with Crippen molar-refractivity contribution in [1.82, 2.24) is 9.99 Å². The van der Waals surface area contributed by atoms with Gasteiger partial charge in [-0.15, -0.1) is 11.3 Å². The molecule has 2 atom stereocenters. The molecule has 1 fully saturated rings. The standard InChI is InChI=1S/C12H12F3N3O2S/c13-12(14,15)11(20)7-3-1-2-4-8(7)17-18(11)10(19)9-5-21-6-16-9/h5-7,20H,1-4H2. The number of carbonyl (C=O) groups excluding carboxylic acids is 1. The minimum absolute atomic E-state index is 0.148. The fourth-order valence-corrected chi connectivity index (χ4v) is 3.37. The molecule has 1 N–H and O–H groups in total. The lowest BCUT2D eigenvalue weighted by molar-refractivity contribution is -0.312. The van der Waals surface area contributed by atoms with Crippen molar-refractivity contribution in [2.75, 3.05) is 0 Å². The Morgan fingerprint density at radius 1 is 1.48 bits per heavy atom. The summed E-state index contributed by atoms with van der Waals surface area (Å²) in [6, 6.07) is 0. The lowest BCUT2D eigenvalue weighted by atomic mass is 9.80. The first kappa shape index (κ1) is 14.5. The summed E-state index contributed by atoms with van der Waals surface area (Å²) < 4.78 is 40.3. The summed E-state index contributed by atoms with van der Waals surface area (Å²) in [4.78, 5) is 15.9. The number of aromatic nitrogens is 1. The van der Waals surface area contributed by atoms with Gasteiger partial charge in [-0.1, -0.05) is 6.42 Å². The highest BCUT2D eigenvalue weighted by molar-refractivity contribution is 7.07. The van der Waals surface area contributed by atoms with E-state index in [-0.39, 0.29) is 22.8 Å². The maximum Gasteiger partial charge on any atom is 0.439 e. The first-order valence-corrected chi connectivity index (χ1v) is 7.39. The summed E-state index contributed by atoms with van der Waals surface area (Å²) in [6.07, 6.45) is -3.17. The van der Waals surface area contributed by atoms with E-state index < -0.39 is 23.7 Å². The average Bonchev–Trinajstić information content (AvgIpc) is 3.05. The first-order chi connectivity index (χ1) is 9.85. The Kier molecular flexibility index (Phi) is 3.28. The van der Waals surface area contributed by atoms with Gasteiger partial charge in [-0.2, -0.15) is 23.3 Å². The van der Waals surface area contributed by atoms with Crippen LogP contribution in [0.4, 0.5) is 13.2 Å². The van der Waals surface area contributed by atoms with Gasteiger partial charge in [0.1, 0.15) is 5.69 Å². The zero-order valence-electron chi connectivity index (χ0n) is 10.8. The van der Waals surface area contributed by atoms with E-state index in [9.17, 15) is 23.1 Å². The maximum atomic E-state index is 13.4. The van der Waals surface area contributed by atoms with Crippen LogP contribution in [0.25, 0.3) is 0 Å². The fraction of sp³-hybridized carbons (Fsp3) is 0.583. The number of halogens is 3. The van der Waals surface area contributed by atoms with Gasteiger partial charge in [-0.25, -0.2) is 4.98 Å². The van der Waals surface area contributed by atoms with Gasteiger partial charge in [0, 0.05) is 11.1 Å². The second-order valence-electron chi connectivity index (χ2n) is 5.10. The molecule has 2 heterocycles. The average molecular weight is 319 g/mol. The highest BCUT2D eigenvalue weighted by Crippen LogP contribution is 2.48. The monoisotopic (exact) mass is 319 g/mol. The minimum Gasteiger partial charge on any atom is -0.362 e. The lowest BCUT2D eigenvalue weighted by Crippen LogP contribution is -2.61. The van der Waals surface area contributed by atoms with Crippen LogP contribution >= 0.6 is 11.3 Å². The maximum absolute atomic E-state index is 13.4. The number of rotatable bonds is 1. The summed E-state index contributed by atoms with van der Waals surface area (Å²) in [5.41, 5.74) is -1.84. The second kappa shape index (κ2) is 4.77. The minimum atomic E-state index is -4.98. The summed E-state index contributed by atoms with van der Waals surface area (Å²) >= 11 is 1.09. The van der Waals surface area contributed by atoms with Gasteiger partial charge < -0.3 is 5.11 Å². The predicted octanol–water partition coefficient (Wildman–Crippen LogP) is 2.40. The van der Waals surface area contributed by atoms with Crippen LogP contribution in [0.3, 0.4) is 0 Å². The molecule has 1 aliphatic heterocycles. The molecule has 114 valence electrons. The number of alkyl halides is 3. The molecule has 1 aliphatic carbocycles. The van der Waals surface area contributed by atoms with Crippen LogP contribution in [-0.2, 0) is 0 Å². The van der Waals surface area contributed by atoms with Crippen molar-refractivity contribution in [3.63, 3.8) is 0 Å². The van der Waals surface area contributed by atoms with Crippen molar-refractivity contribution in [3.8, 4) is 0 Å². The highest BCUT2D eigenvalue weighted by atomic mass is 32.1. The molecule has 0 spiro atoms. The van der Waals surface area contributed by atoms with Gasteiger partial charge in [0.2, 0.25) is 0 Å². The molecule has 1 aromatic rings. The number of hydrazone groups is 1. The third-order valence-corrected chi connectivity index (χ3v) is 4.46. The van der Waals surface area contributed by atoms with Crippen molar-refractivity contribution in [1.29, 1.82) is 0 Å². The van der Waals surface area contributed by atoms with E-state index in [1.807, 2.05) is 0 Å². The van der Waals surface area contributed by atoms with Crippen molar-refractivity contribution >= 4 is 23.0 Å². The van der Waals surface area contributed by atoms with Crippen LogP contribution in [0.5, 0.6) is 0 Å². The van der Waals surface area contributed by atoms with E-state index in [2.05, 4.69) is 10.1 Å². The number of hydrogen-bond acceptors (Lipinski definition) is 5. The summed E-state index contributed by atoms with van der Waals surface area (Å²) in [5, 5.41) is 15.6. The molecule has 21 heavy (non-hydrogen) atoms. The van der Waals surface area contributed by atoms with Crippen LogP contribution in [-0.4, -0.2) is 38.6 Å². The van der Waals surface area contributed by atoms with Crippen LogP contribution in [0.2, 0.25) is 0 Å². The molecule has 1 amide bonds. The normalized spacial score (nSPS) is 29.2. The Balaban J connectivity index is 2.04. The molecule has 5 nitrogen and oxygen atoms in total. The SMILES string of the molecule is O=C(c1cscn1)N1N=C2CCCCC2C1(O)C(F)(F)F. The Morgan fingerprint density at radius 3 is 2.86 bits per heavy atom. The Hall–Kier alpha value is -1.48. The summed E-state index contributed by atoms with van der Waals surface area (Å²) in [7, 11) is 0. The third kappa shape index (κ3) is 2.06. The smallest absolute Gasteiger partial charge is 0.362 e. The van der Waals surface area contributed by atoms with Crippen molar-refractivity contribution in [2.45, 2.75) is 37.6 Å². The van der Waals surface area contributed by atoms with Gasteiger partial charge in [0.15, 0.2) is 0 Å². The molecule has 1 aromatic heterocycles. The molecular formula is C12H12F3N3O2S. The molecule has 9 heteroatoms. The molecule has 2 unspecified atom stereocenters. The van der Waals surface area contributed by atoms with Crippen LogP contribution in [0, 0.1) is 5.92 Å². The molecular weight excluding hydrogens is 307 g/mol. The van der Waals surface area contributed by atoms with Crippen LogP contribution in [0.15, 0.2) is 16.0 Å². The molecule has 0 bridgehead atoms. The molecule has 2 aliphatic rings. The summed E-state index contributed by atoms with van der Waals surface area (Å²) in [6.45, 7) is 0. The zero-order chi connectivity index (χ0) is 15.3. The summed E-state index contributed by atoms with van der Waals surface area (Å²) in [5.74, 6) is -2.22. The van der Waals surface area contributed by atoms with Crippen molar-refractivity contribution in [3.05, 3.63) is 16.6 Å². The van der Waals surface area contributed by atoms with E-state index in [1.54, 1.807) is 0 Å². The lowest BCUT2D eigenvalue weighted by Gasteiger charge is -2.37. The number of thiazole rings is 1. The Morgan fingerprint density at radius 2 is 2.24 bits per heavy atom. The number of carbonyl (C=O) groups is 1. The second-order valence-corrected chi connectivity index (χ2v) is 5.82. The Bertz CT molecular complexity index is 587. The topological polar surface area (TPSA) is 65.8 Å². The molecule has 0 radical (unpaired) electrons. The van der Waals surface area contributed by atoms with Gasteiger partial charge in [0.25, 0.3) is 11.6 Å². The molecule has 3 rings (SSSR count). The highest BCUT2D eigenvalue weighted by Gasteiger charge is 2.68. The largest absolute Gasteiger partial charge is 0.439 e.